The lowest BCUT2D eigenvalue weighted by Gasteiger charge is -2.19. The summed E-state index contributed by atoms with van der Waals surface area (Å²) in [6, 6.07) is 5.08. The van der Waals surface area contributed by atoms with Gasteiger partial charge in [-0.1, -0.05) is 28.9 Å². The van der Waals surface area contributed by atoms with Crippen molar-refractivity contribution >= 4 is 15.9 Å². The van der Waals surface area contributed by atoms with Gasteiger partial charge >= 0.3 is 0 Å². The second kappa shape index (κ2) is 7.66. The van der Waals surface area contributed by atoms with Crippen LogP contribution in [0.4, 0.5) is 4.39 Å². The highest BCUT2D eigenvalue weighted by atomic mass is 79.9. The van der Waals surface area contributed by atoms with Gasteiger partial charge in [-0.3, -0.25) is 4.68 Å². The molecule has 0 aliphatic carbocycles. The predicted octanol–water partition coefficient (Wildman–Crippen LogP) is 3.48. The van der Waals surface area contributed by atoms with Gasteiger partial charge in [-0.15, -0.1) is 0 Å². The number of halogens is 2. The third kappa shape index (κ3) is 4.11. The first kappa shape index (κ1) is 16.1. The van der Waals surface area contributed by atoms with E-state index in [1.165, 1.54) is 6.07 Å². The number of nitrogens with zero attached hydrogens (tertiary/aromatic N) is 3. The van der Waals surface area contributed by atoms with Crippen LogP contribution in [0.5, 0.6) is 0 Å². The zero-order valence-corrected chi connectivity index (χ0v) is 13.9. The first-order valence-electron chi connectivity index (χ1n) is 7.20. The minimum atomic E-state index is -0.208. The van der Waals surface area contributed by atoms with Gasteiger partial charge in [-0.05, 0) is 32.0 Å². The summed E-state index contributed by atoms with van der Waals surface area (Å²) in [4.78, 5) is 4.29. The van der Waals surface area contributed by atoms with Crippen molar-refractivity contribution in [2.24, 2.45) is 0 Å². The Morgan fingerprint density at radius 3 is 2.86 bits per heavy atom. The van der Waals surface area contributed by atoms with E-state index in [4.69, 9.17) is 0 Å². The molecule has 1 aromatic heterocycles. The molecule has 6 heteroatoms. The average molecular weight is 355 g/mol. The van der Waals surface area contributed by atoms with Gasteiger partial charge in [0.05, 0.1) is 0 Å². The van der Waals surface area contributed by atoms with E-state index in [9.17, 15) is 4.39 Å². The van der Waals surface area contributed by atoms with E-state index < -0.39 is 0 Å². The molecule has 2 aromatic rings. The first-order valence-corrected chi connectivity index (χ1v) is 8.00. The number of aryl methyl sites for hydroxylation is 1. The van der Waals surface area contributed by atoms with E-state index in [2.05, 4.69) is 38.3 Å². The van der Waals surface area contributed by atoms with Crippen LogP contribution in [0.1, 0.15) is 37.7 Å². The lowest BCUT2D eigenvalue weighted by atomic mass is 10.0. The molecular weight excluding hydrogens is 335 g/mol. The van der Waals surface area contributed by atoms with Gasteiger partial charge < -0.3 is 5.32 Å². The fourth-order valence-corrected chi connectivity index (χ4v) is 2.62. The second-order valence-electron chi connectivity index (χ2n) is 4.87. The monoisotopic (exact) mass is 354 g/mol. The number of rotatable bonds is 7. The molecule has 1 aromatic carbocycles. The van der Waals surface area contributed by atoms with Crippen molar-refractivity contribution in [2.75, 3.05) is 6.54 Å². The molecule has 1 atom stereocenters. The van der Waals surface area contributed by atoms with Crippen LogP contribution in [0.3, 0.4) is 0 Å². The van der Waals surface area contributed by atoms with Crippen LogP contribution in [-0.4, -0.2) is 21.3 Å². The van der Waals surface area contributed by atoms with Crippen molar-refractivity contribution in [3.8, 4) is 0 Å². The topological polar surface area (TPSA) is 42.7 Å². The summed E-state index contributed by atoms with van der Waals surface area (Å²) >= 11 is 3.29. The summed E-state index contributed by atoms with van der Waals surface area (Å²) in [5, 5.41) is 7.57. The van der Waals surface area contributed by atoms with Gasteiger partial charge in [0.2, 0.25) is 0 Å². The predicted molar refractivity (Wildman–Crippen MR) is 84.5 cm³/mol. The van der Waals surface area contributed by atoms with Crippen molar-refractivity contribution in [1.29, 1.82) is 0 Å². The summed E-state index contributed by atoms with van der Waals surface area (Å²) in [5.41, 5.74) is 0.664. The molecule has 114 valence electrons. The number of hydrogen-bond donors (Lipinski definition) is 1. The fraction of sp³-hybridized carbons (Fsp3) is 0.467. The molecule has 2 rings (SSSR count). The maximum Gasteiger partial charge on any atom is 0.138 e. The average Bonchev–Trinajstić information content (AvgIpc) is 2.91. The van der Waals surface area contributed by atoms with E-state index in [1.54, 1.807) is 6.33 Å². The molecule has 0 amide bonds. The minimum absolute atomic E-state index is 0.104. The molecule has 0 aliphatic heterocycles. The Labute approximate surface area is 132 Å². The number of nitrogens with one attached hydrogen (secondary N) is 1. The van der Waals surface area contributed by atoms with Gasteiger partial charge in [0.25, 0.3) is 0 Å². The molecule has 0 saturated carbocycles. The molecule has 1 heterocycles. The molecule has 0 fully saturated rings. The molecule has 0 bridgehead atoms. The standard InChI is InChI=1S/C15H20BrFN4/c1-3-7-18-14(9-15-19-10-20-21(15)4-2)12-6-5-11(16)8-13(12)17/h5-6,8,10,14,18H,3-4,7,9H2,1-2H3. The Morgan fingerprint density at radius 2 is 2.19 bits per heavy atom. The fourth-order valence-electron chi connectivity index (χ4n) is 2.29. The lowest BCUT2D eigenvalue weighted by molar-refractivity contribution is 0.474. The van der Waals surface area contributed by atoms with Crippen molar-refractivity contribution in [1.82, 2.24) is 20.1 Å². The molecule has 1 unspecified atom stereocenters. The van der Waals surface area contributed by atoms with Gasteiger partial charge in [0.1, 0.15) is 18.0 Å². The second-order valence-corrected chi connectivity index (χ2v) is 5.78. The molecule has 0 aliphatic rings. The van der Waals surface area contributed by atoms with Gasteiger partial charge in [0, 0.05) is 29.0 Å². The Balaban J connectivity index is 2.25. The van der Waals surface area contributed by atoms with Crippen LogP contribution < -0.4 is 5.32 Å². The third-order valence-corrected chi connectivity index (χ3v) is 3.85. The SMILES string of the molecule is CCCNC(Cc1ncnn1CC)c1ccc(Br)cc1F. The van der Waals surface area contributed by atoms with E-state index in [0.29, 0.717) is 12.0 Å². The largest absolute Gasteiger partial charge is 0.309 e. The van der Waals surface area contributed by atoms with Gasteiger partial charge in [0.15, 0.2) is 0 Å². The van der Waals surface area contributed by atoms with E-state index in [0.717, 1.165) is 29.8 Å². The summed E-state index contributed by atoms with van der Waals surface area (Å²) < 4.78 is 16.8. The summed E-state index contributed by atoms with van der Waals surface area (Å²) in [5.74, 6) is 0.661. The van der Waals surface area contributed by atoms with Crippen LogP contribution in [0.2, 0.25) is 0 Å². The van der Waals surface area contributed by atoms with Crippen molar-refractivity contribution < 1.29 is 4.39 Å². The minimum Gasteiger partial charge on any atom is -0.309 e. The molecule has 0 saturated heterocycles. The van der Waals surface area contributed by atoms with Crippen molar-refractivity contribution in [2.45, 2.75) is 39.3 Å². The number of benzene rings is 1. The molecule has 4 nitrogen and oxygen atoms in total. The molecule has 0 radical (unpaired) electrons. The number of hydrogen-bond acceptors (Lipinski definition) is 3. The van der Waals surface area contributed by atoms with Gasteiger partial charge in [-0.25, -0.2) is 9.37 Å². The van der Waals surface area contributed by atoms with E-state index in [-0.39, 0.29) is 11.9 Å². The first-order chi connectivity index (χ1) is 10.2. The summed E-state index contributed by atoms with van der Waals surface area (Å²) in [7, 11) is 0. The third-order valence-electron chi connectivity index (χ3n) is 3.36. The highest BCUT2D eigenvalue weighted by Crippen LogP contribution is 2.23. The Bertz CT molecular complexity index is 585. The zero-order chi connectivity index (χ0) is 15.2. The van der Waals surface area contributed by atoms with Crippen LogP contribution in [0, 0.1) is 5.82 Å². The van der Waals surface area contributed by atoms with Crippen LogP contribution in [0.25, 0.3) is 0 Å². The normalized spacial score (nSPS) is 12.6. The van der Waals surface area contributed by atoms with Crippen LogP contribution in [0.15, 0.2) is 29.0 Å². The Morgan fingerprint density at radius 1 is 1.38 bits per heavy atom. The maximum atomic E-state index is 14.2. The smallest absolute Gasteiger partial charge is 0.138 e. The Hall–Kier alpha value is -1.27. The molecule has 0 spiro atoms. The van der Waals surface area contributed by atoms with Crippen LogP contribution >= 0.6 is 15.9 Å². The lowest BCUT2D eigenvalue weighted by Crippen LogP contribution is -2.26. The quantitative estimate of drug-likeness (QED) is 0.827. The van der Waals surface area contributed by atoms with Crippen molar-refractivity contribution in [3.63, 3.8) is 0 Å². The maximum absolute atomic E-state index is 14.2. The van der Waals surface area contributed by atoms with E-state index >= 15 is 0 Å². The van der Waals surface area contributed by atoms with Gasteiger partial charge in [-0.2, -0.15) is 5.10 Å². The van der Waals surface area contributed by atoms with Crippen molar-refractivity contribution in [3.05, 3.63) is 46.2 Å². The molecular formula is C15H20BrFN4. The van der Waals surface area contributed by atoms with Crippen LogP contribution in [-0.2, 0) is 13.0 Å². The number of aromatic nitrogens is 3. The highest BCUT2D eigenvalue weighted by Gasteiger charge is 2.18. The summed E-state index contributed by atoms with van der Waals surface area (Å²) in [6.45, 7) is 5.71. The highest BCUT2D eigenvalue weighted by molar-refractivity contribution is 9.10. The zero-order valence-electron chi connectivity index (χ0n) is 12.3. The van der Waals surface area contributed by atoms with E-state index in [1.807, 2.05) is 23.7 Å². The molecule has 1 N–H and O–H groups in total. The Kier molecular flexibility index (Phi) is 5.87. The summed E-state index contributed by atoms with van der Waals surface area (Å²) in [6.07, 6.45) is 3.16. The molecule has 21 heavy (non-hydrogen) atoms.